The molecule has 3 aromatic rings. The van der Waals surface area contributed by atoms with Crippen LogP contribution in [0.3, 0.4) is 0 Å². The normalized spacial score (nSPS) is 16.2. The Morgan fingerprint density at radius 2 is 1.53 bits per heavy atom. The molecule has 2 unspecified atom stereocenters. The minimum Gasteiger partial charge on any atom is -0.481 e. The molecule has 0 fully saturated rings. The summed E-state index contributed by atoms with van der Waals surface area (Å²) in [7, 11) is 0. The summed E-state index contributed by atoms with van der Waals surface area (Å²) in [6, 6.07) is 7.21. The molecule has 3 aromatic heterocycles. The number of carboxylic acid groups (broad SMARTS) is 2. The predicted octanol–water partition coefficient (Wildman–Crippen LogP) is 7.38. The standard InChI is InChI=1S/C40H48N6O5/c1-7-25-21(3)30-17-31-24(6)28(13-15-39(48)49)37(45-31)20-36-27(12-14-38(47)42-16-10-9-11-29(41)40(50)51)23(5)33(46-36)19-35-26(8-2)22(4)32(44-35)18-34(25)43-30/h7-8,17-20,24,28-29,43-44H,1-2,9-16,41H2,3-6H3,(H,42,47)(H,48,49)(H,50,51)/t24?,28?,29-/m0/s1. The summed E-state index contributed by atoms with van der Waals surface area (Å²) in [5.74, 6) is -2.18. The van der Waals surface area contributed by atoms with E-state index in [2.05, 4.69) is 61.3 Å². The zero-order valence-electron chi connectivity index (χ0n) is 29.9. The Morgan fingerprint density at radius 1 is 0.882 bits per heavy atom. The number of aryl methyl sites for hydroxylation is 2. The number of hydrogen-bond acceptors (Lipinski definition) is 6. The number of nitrogens with zero attached hydrogens (tertiary/aromatic N) is 2. The van der Waals surface area contributed by atoms with Gasteiger partial charge in [-0.2, -0.15) is 0 Å². The molecular formula is C40H48N6O5. The van der Waals surface area contributed by atoms with Crippen molar-refractivity contribution >= 4 is 63.2 Å². The lowest BCUT2D eigenvalue weighted by atomic mass is 9.87. The lowest BCUT2D eigenvalue weighted by Crippen LogP contribution is -2.30. The van der Waals surface area contributed by atoms with Crippen LogP contribution in [0.1, 0.15) is 116 Å². The van der Waals surface area contributed by atoms with E-state index >= 15 is 0 Å². The van der Waals surface area contributed by atoms with Gasteiger partial charge in [-0.15, -0.1) is 0 Å². The van der Waals surface area contributed by atoms with Gasteiger partial charge in [-0.05, 0) is 99.4 Å². The van der Waals surface area contributed by atoms with Crippen LogP contribution in [0.15, 0.2) is 37.4 Å². The molecule has 2 aliphatic rings. The fourth-order valence-electron chi connectivity index (χ4n) is 7.06. The maximum absolute atomic E-state index is 12.9. The molecule has 11 heteroatoms. The summed E-state index contributed by atoms with van der Waals surface area (Å²) in [4.78, 5) is 53.0. The van der Waals surface area contributed by atoms with Crippen molar-refractivity contribution in [3.05, 3.63) is 82.5 Å². The lowest BCUT2D eigenvalue weighted by Gasteiger charge is -2.15. The van der Waals surface area contributed by atoms with Crippen LogP contribution in [0.4, 0.5) is 0 Å². The number of fused-ring (bicyclic) bond motifs is 8. The molecule has 51 heavy (non-hydrogen) atoms. The maximum Gasteiger partial charge on any atom is 0.320 e. The number of carbonyl (C=O) groups is 3. The van der Waals surface area contributed by atoms with E-state index in [9.17, 15) is 19.5 Å². The molecule has 3 atom stereocenters. The van der Waals surface area contributed by atoms with Crippen LogP contribution >= 0.6 is 0 Å². The zero-order valence-corrected chi connectivity index (χ0v) is 29.9. The first kappa shape index (κ1) is 37.0. The molecule has 7 N–H and O–H groups in total. The number of aromatic amines is 2. The topological polar surface area (TPSA) is 187 Å². The first-order valence-corrected chi connectivity index (χ1v) is 17.5. The molecule has 11 nitrogen and oxygen atoms in total. The van der Waals surface area contributed by atoms with Crippen molar-refractivity contribution < 1.29 is 24.6 Å². The summed E-state index contributed by atoms with van der Waals surface area (Å²) in [6.07, 6.45) is 6.37. The SMILES string of the molecule is C=Cc1c(C)c2cc3[nH]c(cc4nc(cc5nc(cc1[nH]2)C(C)=C5CCC(=O)NCCCC[C@H](N)C(=O)O)C(CCC(=O)O)C4C)c(C)c3C=C. The Bertz CT molecular complexity index is 2090. The average Bonchev–Trinajstić information content (AvgIpc) is 3.75. The minimum atomic E-state index is -1.03. The molecule has 0 spiro atoms. The number of nitrogens with one attached hydrogen (secondary N) is 3. The fraction of sp³-hybridized carbons (Fsp3) is 0.375. The number of carboxylic acids is 2. The molecule has 5 heterocycles. The van der Waals surface area contributed by atoms with Crippen LogP contribution in [-0.2, 0) is 14.4 Å². The van der Waals surface area contributed by atoms with Crippen LogP contribution < -0.4 is 11.1 Å². The maximum atomic E-state index is 12.9. The molecule has 2 aliphatic heterocycles. The van der Waals surface area contributed by atoms with E-state index in [1.165, 1.54) is 0 Å². The van der Waals surface area contributed by atoms with Crippen molar-refractivity contribution in [3.8, 4) is 0 Å². The highest BCUT2D eigenvalue weighted by Crippen LogP contribution is 2.41. The van der Waals surface area contributed by atoms with Gasteiger partial charge < -0.3 is 31.2 Å². The van der Waals surface area contributed by atoms with Gasteiger partial charge in [-0.25, -0.2) is 4.98 Å². The van der Waals surface area contributed by atoms with Crippen molar-refractivity contribution in [3.63, 3.8) is 0 Å². The molecule has 0 saturated heterocycles. The van der Waals surface area contributed by atoms with E-state index < -0.39 is 18.0 Å². The number of H-pyrrole nitrogens is 2. The fourth-order valence-corrected chi connectivity index (χ4v) is 7.06. The van der Waals surface area contributed by atoms with Crippen molar-refractivity contribution in [2.45, 2.75) is 90.5 Å². The van der Waals surface area contributed by atoms with E-state index in [-0.39, 0.29) is 30.6 Å². The Balaban J connectivity index is 1.62. The first-order chi connectivity index (χ1) is 24.3. The van der Waals surface area contributed by atoms with Gasteiger partial charge in [0.25, 0.3) is 0 Å². The number of carbonyl (C=O) groups excluding carboxylic acids is 1. The van der Waals surface area contributed by atoms with E-state index in [1.807, 2.05) is 31.2 Å². The minimum absolute atomic E-state index is 0.0107. The Hall–Kier alpha value is -5.29. The second-order valence-corrected chi connectivity index (χ2v) is 13.5. The summed E-state index contributed by atoms with van der Waals surface area (Å²) < 4.78 is 0. The number of aliphatic carboxylic acids is 2. The lowest BCUT2D eigenvalue weighted by molar-refractivity contribution is -0.139. The molecule has 0 saturated carbocycles. The summed E-state index contributed by atoms with van der Waals surface area (Å²) in [5, 5.41) is 21.5. The van der Waals surface area contributed by atoms with Crippen molar-refractivity contribution in [2.75, 3.05) is 6.54 Å². The first-order valence-electron chi connectivity index (χ1n) is 17.5. The van der Waals surface area contributed by atoms with Gasteiger partial charge in [0, 0.05) is 75.8 Å². The average molecular weight is 693 g/mol. The van der Waals surface area contributed by atoms with Crippen molar-refractivity contribution in [2.24, 2.45) is 5.73 Å². The third kappa shape index (κ3) is 8.04. The second kappa shape index (κ2) is 15.7. The summed E-state index contributed by atoms with van der Waals surface area (Å²) in [6.45, 7) is 16.8. The molecule has 5 rings (SSSR count). The van der Waals surface area contributed by atoms with Crippen LogP contribution in [0.5, 0.6) is 0 Å². The van der Waals surface area contributed by atoms with E-state index in [4.69, 9.17) is 20.8 Å². The highest BCUT2D eigenvalue weighted by Gasteiger charge is 2.30. The van der Waals surface area contributed by atoms with Gasteiger partial charge in [0.2, 0.25) is 5.91 Å². The van der Waals surface area contributed by atoms with Gasteiger partial charge in [0.15, 0.2) is 0 Å². The monoisotopic (exact) mass is 692 g/mol. The molecule has 8 bridgehead atoms. The number of rotatable bonds is 14. The number of amides is 1. The van der Waals surface area contributed by atoms with Crippen LogP contribution in [0.2, 0.25) is 0 Å². The number of hydrogen-bond donors (Lipinski definition) is 6. The number of allylic oxidation sites excluding steroid dienone is 2. The second-order valence-electron chi connectivity index (χ2n) is 13.5. The summed E-state index contributed by atoms with van der Waals surface area (Å²) >= 11 is 0. The smallest absolute Gasteiger partial charge is 0.320 e. The zero-order chi connectivity index (χ0) is 37.0. The molecule has 0 aliphatic carbocycles. The molecule has 1 amide bonds. The predicted molar refractivity (Wildman–Crippen MR) is 203 cm³/mol. The number of aromatic nitrogens is 4. The van der Waals surface area contributed by atoms with E-state index in [1.54, 1.807) is 0 Å². The molecule has 268 valence electrons. The molecule has 0 radical (unpaired) electrons. The van der Waals surface area contributed by atoms with Crippen LogP contribution in [0.25, 0.3) is 45.4 Å². The molecular weight excluding hydrogens is 644 g/mol. The van der Waals surface area contributed by atoms with Gasteiger partial charge in [0.1, 0.15) is 6.04 Å². The third-order valence-corrected chi connectivity index (χ3v) is 10.2. The van der Waals surface area contributed by atoms with Crippen LogP contribution in [-0.4, -0.2) is 60.6 Å². The molecule has 0 aromatic carbocycles. The van der Waals surface area contributed by atoms with Crippen molar-refractivity contribution in [1.29, 1.82) is 0 Å². The Kier molecular flexibility index (Phi) is 11.4. The van der Waals surface area contributed by atoms with E-state index in [0.717, 1.165) is 72.5 Å². The Labute approximate surface area is 297 Å². The Morgan fingerprint density at radius 3 is 2.16 bits per heavy atom. The summed E-state index contributed by atoms with van der Waals surface area (Å²) in [5.41, 5.74) is 18.2. The van der Waals surface area contributed by atoms with E-state index in [0.29, 0.717) is 44.3 Å². The number of nitrogens with two attached hydrogens (primary N) is 1. The van der Waals surface area contributed by atoms with Crippen LogP contribution in [0, 0.1) is 13.8 Å². The van der Waals surface area contributed by atoms with Gasteiger partial charge in [-0.1, -0.05) is 32.2 Å². The van der Waals surface area contributed by atoms with Gasteiger partial charge in [0.05, 0.1) is 11.4 Å². The van der Waals surface area contributed by atoms with Crippen molar-refractivity contribution in [1.82, 2.24) is 25.3 Å². The largest absolute Gasteiger partial charge is 0.481 e. The quantitative estimate of drug-likeness (QED) is 0.0944. The van der Waals surface area contributed by atoms with Gasteiger partial charge in [-0.3, -0.25) is 19.4 Å². The van der Waals surface area contributed by atoms with Gasteiger partial charge >= 0.3 is 11.9 Å². The highest BCUT2D eigenvalue weighted by molar-refractivity contribution is 5.94. The highest BCUT2D eigenvalue weighted by atomic mass is 16.4. The number of unbranched alkanes of at least 4 members (excludes halogenated alkanes) is 1. The third-order valence-electron chi connectivity index (χ3n) is 10.2.